The molecular formula is C18H39O7P. The predicted octanol–water partition coefficient (Wildman–Crippen LogP) is 4.16. The maximum Gasteiger partial charge on any atom is 0.475 e. The van der Waals surface area contributed by atoms with Crippen LogP contribution in [0.5, 0.6) is 0 Å². The van der Waals surface area contributed by atoms with Crippen LogP contribution < -0.4 is 0 Å². The normalized spacial score (nSPS) is 12.7. The first-order valence-corrected chi connectivity index (χ1v) is 11.0. The first-order valence-electron chi connectivity index (χ1n) is 9.52. The summed E-state index contributed by atoms with van der Waals surface area (Å²) in [6.07, 6.45) is 0. The van der Waals surface area contributed by atoms with E-state index in [0.29, 0.717) is 57.4 Å². The lowest BCUT2D eigenvalue weighted by atomic mass is 10.2. The average Bonchev–Trinajstić information content (AvgIpc) is 2.53. The van der Waals surface area contributed by atoms with Crippen LogP contribution in [0.4, 0.5) is 0 Å². The van der Waals surface area contributed by atoms with Crippen LogP contribution in [0, 0.1) is 17.8 Å². The third kappa shape index (κ3) is 17.4. The summed E-state index contributed by atoms with van der Waals surface area (Å²) in [5, 5.41) is 0. The molecule has 158 valence electrons. The van der Waals surface area contributed by atoms with E-state index in [4.69, 9.17) is 27.8 Å². The van der Waals surface area contributed by atoms with Crippen LogP contribution in [0.2, 0.25) is 0 Å². The Morgan fingerprint density at radius 1 is 0.538 bits per heavy atom. The van der Waals surface area contributed by atoms with Crippen molar-refractivity contribution in [2.75, 3.05) is 59.5 Å². The number of hydrogen-bond acceptors (Lipinski definition) is 7. The van der Waals surface area contributed by atoms with E-state index in [9.17, 15) is 4.57 Å². The highest BCUT2D eigenvalue weighted by molar-refractivity contribution is 7.48. The topological polar surface area (TPSA) is 72.5 Å². The first-order chi connectivity index (χ1) is 12.2. The molecule has 0 spiro atoms. The Labute approximate surface area is 159 Å². The van der Waals surface area contributed by atoms with Gasteiger partial charge in [-0.1, -0.05) is 41.5 Å². The highest BCUT2D eigenvalue weighted by Gasteiger charge is 2.26. The van der Waals surface area contributed by atoms with Gasteiger partial charge in [0.2, 0.25) is 0 Å². The molecule has 7 nitrogen and oxygen atoms in total. The van der Waals surface area contributed by atoms with E-state index in [1.165, 1.54) is 0 Å². The first kappa shape index (κ1) is 26.0. The third-order valence-electron chi connectivity index (χ3n) is 2.78. The molecular weight excluding hydrogens is 359 g/mol. The number of phosphoric ester groups is 1. The largest absolute Gasteiger partial charge is 0.475 e. The van der Waals surface area contributed by atoms with Crippen molar-refractivity contribution in [1.82, 2.24) is 0 Å². The van der Waals surface area contributed by atoms with Crippen LogP contribution in [-0.4, -0.2) is 59.5 Å². The van der Waals surface area contributed by atoms with Crippen LogP contribution in [-0.2, 0) is 32.3 Å². The summed E-state index contributed by atoms with van der Waals surface area (Å²) in [7, 11) is -3.65. The van der Waals surface area contributed by atoms with Gasteiger partial charge in [0, 0.05) is 19.8 Å². The summed E-state index contributed by atoms with van der Waals surface area (Å²) in [6.45, 7) is 15.7. The van der Waals surface area contributed by atoms with E-state index < -0.39 is 7.82 Å². The maximum atomic E-state index is 12.7. The SMILES string of the molecule is CC(C)COCCOP(=O)(OCCOCC(C)C)OCCOCC(C)C. The van der Waals surface area contributed by atoms with Crippen LogP contribution in [0.1, 0.15) is 41.5 Å². The number of rotatable bonds is 18. The zero-order chi connectivity index (χ0) is 19.8. The molecule has 0 aromatic heterocycles. The minimum atomic E-state index is -3.65. The minimum absolute atomic E-state index is 0.143. The van der Waals surface area contributed by atoms with Crippen molar-refractivity contribution in [2.24, 2.45) is 17.8 Å². The van der Waals surface area contributed by atoms with Gasteiger partial charge in [0.1, 0.15) is 0 Å². The van der Waals surface area contributed by atoms with E-state index in [-0.39, 0.29) is 19.8 Å². The van der Waals surface area contributed by atoms with Crippen LogP contribution in [0.25, 0.3) is 0 Å². The Balaban J connectivity index is 4.16. The fourth-order valence-electron chi connectivity index (χ4n) is 1.69. The zero-order valence-corrected chi connectivity index (χ0v) is 18.3. The van der Waals surface area contributed by atoms with E-state index >= 15 is 0 Å². The molecule has 0 bridgehead atoms. The maximum absolute atomic E-state index is 12.7. The summed E-state index contributed by atoms with van der Waals surface area (Å²) in [4.78, 5) is 0. The molecule has 0 saturated heterocycles. The standard InChI is InChI=1S/C18H39O7P/c1-16(2)13-20-7-10-23-26(19,24-11-8-21-14-17(3)4)25-12-9-22-15-18(5)6/h16-18H,7-15H2,1-6H3. The molecule has 0 rings (SSSR count). The molecule has 8 heteroatoms. The van der Waals surface area contributed by atoms with Crippen molar-refractivity contribution < 1.29 is 32.3 Å². The van der Waals surface area contributed by atoms with Crippen molar-refractivity contribution >= 4 is 7.82 Å². The van der Waals surface area contributed by atoms with Crippen molar-refractivity contribution in [3.8, 4) is 0 Å². The van der Waals surface area contributed by atoms with Gasteiger partial charge in [0.15, 0.2) is 0 Å². The molecule has 0 radical (unpaired) electrons. The molecule has 0 heterocycles. The van der Waals surface area contributed by atoms with Crippen LogP contribution in [0.3, 0.4) is 0 Å². The van der Waals surface area contributed by atoms with Crippen molar-refractivity contribution in [1.29, 1.82) is 0 Å². The van der Waals surface area contributed by atoms with Gasteiger partial charge in [-0.2, -0.15) is 0 Å². The molecule has 0 amide bonds. The Morgan fingerprint density at radius 2 is 0.808 bits per heavy atom. The Hall–Kier alpha value is -0.0100. The van der Waals surface area contributed by atoms with Gasteiger partial charge in [-0.25, -0.2) is 4.57 Å². The van der Waals surface area contributed by atoms with Gasteiger partial charge in [-0.15, -0.1) is 0 Å². The van der Waals surface area contributed by atoms with Crippen LogP contribution >= 0.6 is 7.82 Å². The smallest absolute Gasteiger partial charge is 0.379 e. The molecule has 0 saturated carbocycles. The second-order valence-corrected chi connectivity index (χ2v) is 9.02. The van der Waals surface area contributed by atoms with E-state index in [1.54, 1.807) is 0 Å². The molecule has 0 aliphatic rings. The lowest BCUT2D eigenvalue weighted by molar-refractivity contribution is 0.0254. The number of phosphoric acid groups is 1. The summed E-state index contributed by atoms with van der Waals surface area (Å²) in [5.41, 5.74) is 0. The fraction of sp³-hybridized carbons (Fsp3) is 1.00. The predicted molar refractivity (Wildman–Crippen MR) is 102 cm³/mol. The second kappa shape index (κ2) is 16.0. The van der Waals surface area contributed by atoms with Crippen molar-refractivity contribution in [3.05, 3.63) is 0 Å². The molecule has 0 aromatic carbocycles. The fourth-order valence-corrected chi connectivity index (χ4v) is 2.81. The Morgan fingerprint density at radius 3 is 1.04 bits per heavy atom. The summed E-state index contributed by atoms with van der Waals surface area (Å²) in [5.74, 6) is 1.31. The van der Waals surface area contributed by atoms with Gasteiger partial charge in [-0.3, -0.25) is 13.6 Å². The van der Waals surface area contributed by atoms with E-state index in [2.05, 4.69) is 41.5 Å². The summed E-state index contributed by atoms with van der Waals surface area (Å²) < 4.78 is 45.0. The van der Waals surface area contributed by atoms with Gasteiger partial charge in [0.25, 0.3) is 0 Å². The van der Waals surface area contributed by atoms with Gasteiger partial charge >= 0.3 is 7.82 Å². The highest BCUT2D eigenvalue weighted by atomic mass is 31.2. The average molecular weight is 398 g/mol. The Bertz CT molecular complexity index is 309. The molecule has 0 fully saturated rings. The molecule has 0 unspecified atom stereocenters. The van der Waals surface area contributed by atoms with Crippen molar-refractivity contribution in [2.45, 2.75) is 41.5 Å². The summed E-state index contributed by atoms with van der Waals surface area (Å²) >= 11 is 0. The molecule has 26 heavy (non-hydrogen) atoms. The zero-order valence-electron chi connectivity index (χ0n) is 17.4. The lowest BCUT2D eigenvalue weighted by Crippen LogP contribution is -2.14. The molecule has 0 aromatic rings. The van der Waals surface area contributed by atoms with E-state index in [0.717, 1.165) is 0 Å². The van der Waals surface area contributed by atoms with Gasteiger partial charge < -0.3 is 14.2 Å². The Kier molecular flexibility index (Phi) is 16.0. The van der Waals surface area contributed by atoms with Crippen molar-refractivity contribution in [3.63, 3.8) is 0 Å². The number of ether oxygens (including phenoxy) is 3. The molecule has 0 N–H and O–H groups in total. The number of hydrogen-bond donors (Lipinski definition) is 0. The quantitative estimate of drug-likeness (QED) is 0.253. The molecule has 0 aliphatic heterocycles. The van der Waals surface area contributed by atoms with Gasteiger partial charge in [0.05, 0.1) is 39.6 Å². The highest BCUT2D eigenvalue weighted by Crippen LogP contribution is 2.49. The third-order valence-corrected chi connectivity index (χ3v) is 4.28. The summed E-state index contributed by atoms with van der Waals surface area (Å²) in [6, 6.07) is 0. The molecule has 0 atom stereocenters. The van der Waals surface area contributed by atoms with E-state index in [1.807, 2.05) is 0 Å². The minimum Gasteiger partial charge on any atom is -0.379 e. The van der Waals surface area contributed by atoms with Crippen LogP contribution in [0.15, 0.2) is 0 Å². The monoisotopic (exact) mass is 398 g/mol. The van der Waals surface area contributed by atoms with Gasteiger partial charge in [-0.05, 0) is 17.8 Å². The second-order valence-electron chi connectivity index (χ2n) is 7.35. The molecule has 0 aliphatic carbocycles. The lowest BCUT2D eigenvalue weighted by Gasteiger charge is -2.18.